The van der Waals surface area contributed by atoms with Crippen molar-refractivity contribution in [3.63, 3.8) is 0 Å². The number of phenols is 1. The van der Waals surface area contributed by atoms with Crippen LogP contribution in [0.1, 0.15) is 37.2 Å². The van der Waals surface area contributed by atoms with Crippen molar-refractivity contribution in [2.75, 3.05) is 0 Å². The van der Waals surface area contributed by atoms with Crippen LogP contribution < -0.4 is 0 Å². The van der Waals surface area contributed by atoms with Crippen molar-refractivity contribution in [3.8, 4) is 5.75 Å². The molecule has 1 saturated carbocycles. The number of aromatic hydroxyl groups is 1. The molecule has 1 nitrogen and oxygen atoms in total. The number of fused-ring (bicyclic) bond motifs is 1. The molecule has 2 aromatic rings. The maximum Gasteiger partial charge on any atom is 0.123 e. The molecule has 17 heavy (non-hydrogen) atoms. The molecule has 1 N–H and O–H groups in total. The van der Waals surface area contributed by atoms with Gasteiger partial charge >= 0.3 is 0 Å². The maximum absolute atomic E-state index is 9.89. The van der Waals surface area contributed by atoms with Gasteiger partial charge in [0.1, 0.15) is 5.75 Å². The molecule has 0 aliphatic heterocycles. The Balaban J connectivity index is 2.12. The molecule has 1 heteroatoms. The largest absolute Gasteiger partial charge is 0.507 e. The summed E-state index contributed by atoms with van der Waals surface area (Å²) < 4.78 is 0. The van der Waals surface area contributed by atoms with Gasteiger partial charge in [0, 0.05) is 5.39 Å². The second kappa shape index (κ2) is 4.40. The van der Waals surface area contributed by atoms with E-state index in [4.69, 9.17) is 0 Å². The highest BCUT2D eigenvalue weighted by atomic mass is 16.3. The van der Waals surface area contributed by atoms with Gasteiger partial charge in [-0.3, -0.25) is 0 Å². The summed E-state index contributed by atoms with van der Waals surface area (Å²) in [6, 6.07) is 12.1. The maximum atomic E-state index is 9.89. The normalized spacial score (nSPS) is 17.4. The predicted molar refractivity (Wildman–Crippen MR) is 71.1 cm³/mol. The average Bonchev–Trinajstić information content (AvgIpc) is 2.41. The molecule has 0 bridgehead atoms. The lowest BCUT2D eigenvalue weighted by Crippen LogP contribution is -2.05. The molecule has 0 atom stereocenters. The summed E-state index contributed by atoms with van der Waals surface area (Å²) in [6.07, 6.45) is 7.32. The zero-order chi connectivity index (χ0) is 11.7. The first-order valence-electron chi connectivity index (χ1n) is 6.38. The Bertz CT molecular complexity index is 524. The molecule has 1 fully saturated rings. The summed E-state index contributed by atoms with van der Waals surface area (Å²) in [5.74, 6) is 1.05. The fraction of sp³-hybridized carbons (Fsp3) is 0.312. The Morgan fingerprint density at radius 2 is 1.59 bits per heavy atom. The molecule has 0 saturated heterocycles. The third-order valence-corrected chi connectivity index (χ3v) is 3.81. The lowest BCUT2D eigenvalue weighted by atomic mass is 9.82. The molecular weight excluding hydrogens is 208 g/mol. The highest BCUT2D eigenvalue weighted by Crippen LogP contribution is 2.38. The smallest absolute Gasteiger partial charge is 0.123 e. The minimum atomic E-state index is 0.395. The number of hydrogen-bond acceptors (Lipinski definition) is 1. The number of phenolic OH excluding ortho intramolecular Hbond substituents is 1. The fourth-order valence-electron chi connectivity index (χ4n) is 2.90. The summed E-state index contributed by atoms with van der Waals surface area (Å²) in [5.41, 5.74) is 1.41. The standard InChI is InChI=1S/C16H17O/c17-16-11-10-13(12-6-2-1-3-7-12)14-8-4-5-9-15(14)16/h1,4-5,8-12,17H,2-3,6-7H2. The van der Waals surface area contributed by atoms with E-state index in [9.17, 15) is 5.11 Å². The summed E-state index contributed by atoms with van der Waals surface area (Å²) >= 11 is 0. The Morgan fingerprint density at radius 3 is 2.35 bits per heavy atom. The summed E-state index contributed by atoms with van der Waals surface area (Å²) in [4.78, 5) is 0. The SMILES string of the molecule is Oc1ccc(C2CC[CH]CC2)c2ccccc12. The van der Waals surface area contributed by atoms with Crippen LogP contribution in [0.5, 0.6) is 5.75 Å². The third kappa shape index (κ3) is 1.90. The fourth-order valence-corrected chi connectivity index (χ4v) is 2.90. The molecule has 87 valence electrons. The van der Waals surface area contributed by atoms with Crippen LogP contribution in [0, 0.1) is 6.42 Å². The molecule has 0 aromatic heterocycles. The minimum absolute atomic E-state index is 0.395. The van der Waals surface area contributed by atoms with Gasteiger partial charge in [0.25, 0.3) is 0 Å². The van der Waals surface area contributed by atoms with E-state index < -0.39 is 0 Å². The zero-order valence-corrected chi connectivity index (χ0v) is 9.89. The van der Waals surface area contributed by atoms with Gasteiger partial charge in [-0.2, -0.15) is 0 Å². The lowest BCUT2D eigenvalue weighted by Gasteiger charge is -2.23. The number of hydrogen-bond donors (Lipinski definition) is 1. The van der Waals surface area contributed by atoms with E-state index in [1.807, 2.05) is 18.2 Å². The van der Waals surface area contributed by atoms with Crippen LogP contribution in [0.15, 0.2) is 36.4 Å². The first-order chi connectivity index (χ1) is 8.36. The Labute approximate surface area is 102 Å². The van der Waals surface area contributed by atoms with E-state index in [2.05, 4.69) is 24.6 Å². The van der Waals surface area contributed by atoms with E-state index in [1.54, 1.807) is 0 Å². The lowest BCUT2D eigenvalue weighted by molar-refractivity contribution is 0.480. The highest BCUT2D eigenvalue weighted by molar-refractivity contribution is 5.91. The molecule has 2 aromatic carbocycles. The Kier molecular flexibility index (Phi) is 2.76. The van der Waals surface area contributed by atoms with Gasteiger partial charge in [-0.25, -0.2) is 0 Å². The average molecular weight is 225 g/mol. The molecule has 0 amide bonds. The van der Waals surface area contributed by atoms with E-state index >= 15 is 0 Å². The third-order valence-electron chi connectivity index (χ3n) is 3.81. The monoisotopic (exact) mass is 225 g/mol. The quantitative estimate of drug-likeness (QED) is 0.762. The van der Waals surface area contributed by atoms with Crippen molar-refractivity contribution in [1.82, 2.24) is 0 Å². The molecule has 0 heterocycles. The van der Waals surface area contributed by atoms with Gasteiger partial charge in [-0.15, -0.1) is 0 Å². The van der Waals surface area contributed by atoms with Crippen LogP contribution in [0.25, 0.3) is 10.8 Å². The van der Waals surface area contributed by atoms with Gasteiger partial charge in [-0.1, -0.05) is 30.3 Å². The van der Waals surface area contributed by atoms with E-state index in [-0.39, 0.29) is 0 Å². The van der Waals surface area contributed by atoms with Crippen LogP contribution >= 0.6 is 0 Å². The van der Waals surface area contributed by atoms with Crippen molar-refractivity contribution in [2.24, 2.45) is 0 Å². The molecule has 0 unspecified atom stereocenters. The van der Waals surface area contributed by atoms with Crippen molar-refractivity contribution in [2.45, 2.75) is 31.6 Å². The van der Waals surface area contributed by atoms with Gasteiger partial charge in [0.2, 0.25) is 0 Å². The number of rotatable bonds is 1. The van der Waals surface area contributed by atoms with E-state index in [0.29, 0.717) is 11.7 Å². The summed E-state index contributed by atoms with van der Waals surface area (Å²) in [6.45, 7) is 0. The Morgan fingerprint density at radius 1 is 0.882 bits per heavy atom. The first-order valence-corrected chi connectivity index (χ1v) is 6.38. The van der Waals surface area contributed by atoms with Crippen molar-refractivity contribution in [1.29, 1.82) is 0 Å². The van der Waals surface area contributed by atoms with Crippen LogP contribution in [0.2, 0.25) is 0 Å². The molecule has 3 rings (SSSR count). The molecular formula is C16H17O. The van der Waals surface area contributed by atoms with Crippen LogP contribution in [-0.4, -0.2) is 5.11 Å². The minimum Gasteiger partial charge on any atom is -0.507 e. The summed E-state index contributed by atoms with van der Waals surface area (Å²) in [5, 5.41) is 12.1. The van der Waals surface area contributed by atoms with Crippen molar-refractivity contribution >= 4 is 10.8 Å². The first kappa shape index (κ1) is 10.6. The molecule has 1 radical (unpaired) electrons. The van der Waals surface area contributed by atoms with Gasteiger partial charge < -0.3 is 5.11 Å². The van der Waals surface area contributed by atoms with Crippen molar-refractivity contribution in [3.05, 3.63) is 48.4 Å². The number of benzene rings is 2. The molecule has 1 aliphatic rings. The second-order valence-corrected chi connectivity index (χ2v) is 4.86. The van der Waals surface area contributed by atoms with E-state index in [0.717, 1.165) is 5.39 Å². The van der Waals surface area contributed by atoms with Crippen molar-refractivity contribution < 1.29 is 5.11 Å². The summed E-state index contributed by atoms with van der Waals surface area (Å²) in [7, 11) is 0. The van der Waals surface area contributed by atoms with Crippen LogP contribution in [-0.2, 0) is 0 Å². The van der Waals surface area contributed by atoms with Crippen LogP contribution in [0.4, 0.5) is 0 Å². The second-order valence-electron chi connectivity index (χ2n) is 4.86. The van der Waals surface area contributed by atoms with E-state index in [1.165, 1.54) is 36.6 Å². The highest BCUT2D eigenvalue weighted by Gasteiger charge is 2.18. The van der Waals surface area contributed by atoms with Gasteiger partial charge in [-0.05, 0) is 55.0 Å². The zero-order valence-electron chi connectivity index (χ0n) is 9.89. The molecule has 1 aliphatic carbocycles. The topological polar surface area (TPSA) is 20.2 Å². The predicted octanol–water partition coefficient (Wildman–Crippen LogP) is 4.41. The van der Waals surface area contributed by atoms with Gasteiger partial charge in [0.15, 0.2) is 0 Å². The van der Waals surface area contributed by atoms with Crippen LogP contribution in [0.3, 0.4) is 0 Å². The molecule has 0 spiro atoms. The van der Waals surface area contributed by atoms with Gasteiger partial charge in [0.05, 0.1) is 0 Å². The Hall–Kier alpha value is -1.50.